The first-order valence-electron chi connectivity index (χ1n) is 13.2. The van der Waals surface area contributed by atoms with Gasteiger partial charge in [-0.2, -0.15) is 0 Å². The van der Waals surface area contributed by atoms with Crippen molar-refractivity contribution in [3.8, 4) is 0 Å². The fourth-order valence-corrected chi connectivity index (χ4v) is 5.22. The van der Waals surface area contributed by atoms with E-state index in [4.69, 9.17) is 0 Å². The van der Waals surface area contributed by atoms with Gasteiger partial charge in [0.15, 0.2) is 0 Å². The second-order valence-corrected chi connectivity index (χ2v) is 12.0. The molecule has 208 valence electrons. The van der Waals surface area contributed by atoms with Gasteiger partial charge in [-0.1, -0.05) is 86.1 Å². The Morgan fingerprint density at radius 3 is 2.03 bits per heavy atom. The molecule has 0 aromatic heterocycles. The molecular weight excluding hydrogens is 510 g/mol. The van der Waals surface area contributed by atoms with Gasteiger partial charge in [0.2, 0.25) is 21.8 Å². The second-order valence-electron chi connectivity index (χ2n) is 10.1. The van der Waals surface area contributed by atoms with Crippen molar-refractivity contribution in [2.75, 3.05) is 23.7 Å². The molecule has 3 aromatic rings. The Hall–Kier alpha value is -3.65. The van der Waals surface area contributed by atoms with Gasteiger partial charge in [-0.3, -0.25) is 13.9 Å². The minimum Gasteiger partial charge on any atom is -0.355 e. The van der Waals surface area contributed by atoms with E-state index in [1.165, 1.54) is 4.90 Å². The van der Waals surface area contributed by atoms with E-state index < -0.39 is 28.5 Å². The minimum absolute atomic E-state index is 0.164. The zero-order valence-corrected chi connectivity index (χ0v) is 24.2. The maximum Gasteiger partial charge on any atom is 0.244 e. The average molecular weight is 550 g/mol. The molecule has 1 N–H and O–H groups in total. The third-order valence-electron chi connectivity index (χ3n) is 6.62. The summed E-state index contributed by atoms with van der Waals surface area (Å²) in [7, 11) is -3.79. The summed E-state index contributed by atoms with van der Waals surface area (Å²) in [6, 6.07) is 23.6. The number of nitrogens with one attached hydrogen (secondary N) is 1. The van der Waals surface area contributed by atoms with E-state index in [0.29, 0.717) is 18.7 Å². The molecule has 39 heavy (non-hydrogen) atoms. The predicted molar refractivity (Wildman–Crippen MR) is 157 cm³/mol. The third-order valence-corrected chi connectivity index (χ3v) is 7.76. The Balaban J connectivity index is 2.02. The molecule has 0 bridgehead atoms. The van der Waals surface area contributed by atoms with Crippen LogP contribution in [-0.2, 0) is 32.6 Å². The maximum atomic E-state index is 14.0. The normalized spacial score (nSPS) is 12.2. The topological polar surface area (TPSA) is 86.8 Å². The zero-order valence-electron chi connectivity index (χ0n) is 23.4. The van der Waals surface area contributed by atoms with Crippen LogP contribution in [0.3, 0.4) is 0 Å². The number of anilines is 1. The van der Waals surface area contributed by atoms with Gasteiger partial charge in [-0.05, 0) is 48.6 Å². The average Bonchev–Trinajstić information content (AvgIpc) is 2.90. The van der Waals surface area contributed by atoms with Gasteiger partial charge in [0, 0.05) is 19.5 Å². The van der Waals surface area contributed by atoms with Crippen LogP contribution in [0, 0.1) is 6.92 Å². The van der Waals surface area contributed by atoms with Crippen LogP contribution in [0.15, 0.2) is 78.9 Å². The number of aryl methyl sites for hydroxylation is 1. The lowest BCUT2D eigenvalue weighted by molar-refractivity contribution is -0.140. The molecule has 0 spiro atoms. The van der Waals surface area contributed by atoms with Crippen LogP contribution in [0.25, 0.3) is 0 Å². The first-order chi connectivity index (χ1) is 18.5. The van der Waals surface area contributed by atoms with Gasteiger partial charge >= 0.3 is 0 Å². The van der Waals surface area contributed by atoms with Crippen molar-refractivity contribution in [2.24, 2.45) is 0 Å². The van der Waals surface area contributed by atoms with E-state index in [9.17, 15) is 18.0 Å². The van der Waals surface area contributed by atoms with Crippen molar-refractivity contribution in [2.45, 2.75) is 52.6 Å². The van der Waals surface area contributed by atoms with Crippen molar-refractivity contribution < 1.29 is 18.0 Å². The second kappa shape index (κ2) is 13.4. The number of carbonyl (C=O) groups excluding carboxylic acids is 2. The summed E-state index contributed by atoms with van der Waals surface area (Å²) in [5.74, 6) is -0.455. The van der Waals surface area contributed by atoms with Crippen LogP contribution in [0.4, 0.5) is 5.69 Å². The first-order valence-corrected chi connectivity index (χ1v) is 15.1. The van der Waals surface area contributed by atoms with E-state index in [-0.39, 0.29) is 18.4 Å². The molecular formula is C31H39N3O4S. The van der Waals surface area contributed by atoms with Crippen LogP contribution in [0.1, 0.15) is 48.9 Å². The number of sulfonamides is 1. The van der Waals surface area contributed by atoms with E-state index in [2.05, 4.69) is 19.2 Å². The number of hydrogen-bond acceptors (Lipinski definition) is 4. The Labute approximate surface area is 232 Å². The van der Waals surface area contributed by atoms with E-state index >= 15 is 0 Å². The summed E-state index contributed by atoms with van der Waals surface area (Å²) in [4.78, 5) is 28.9. The van der Waals surface area contributed by atoms with E-state index in [1.54, 1.807) is 12.1 Å². The summed E-state index contributed by atoms with van der Waals surface area (Å²) in [6.07, 6.45) is 1.39. The van der Waals surface area contributed by atoms with Crippen molar-refractivity contribution in [3.05, 3.63) is 101 Å². The number of nitrogens with zero attached hydrogens (tertiary/aromatic N) is 2. The SMILES string of the molecule is CCNC(=O)[C@H](Cc1ccccc1)N(Cc1ccc(C)cc1)C(=O)CN(c1ccc(C(C)C)cc1)S(C)(=O)=O. The van der Waals surface area contributed by atoms with Gasteiger partial charge in [0.1, 0.15) is 12.6 Å². The first kappa shape index (κ1) is 29.9. The van der Waals surface area contributed by atoms with Gasteiger partial charge in [-0.25, -0.2) is 8.42 Å². The van der Waals surface area contributed by atoms with Gasteiger partial charge < -0.3 is 10.2 Å². The Morgan fingerprint density at radius 2 is 1.49 bits per heavy atom. The summed E-state index contributed by atoms with van der Waals surface area (Å²) in [6.45, 7) is 8.08. The number of likely N-dealkylation sites (N-methyl/N-ethyl adjacent to an activating group) is 1. The van der Waals surface area contributed by atoms with Crippen LogP contribution >= 0.6 is 0 Å². The third kappa shape index (κ3) is 8.42. The van der Waals surface area contributed by atoms with Crippen molar-refractivity contribution in [1.29, 1.82) is 0 Å². The number of benzene rings is 3. The zero-order chi connectivity index (χ0) is 28.6. The fourth-order valence-electron chi connectivity index (χ4n) is 4.38. The van der Waals surface area contributed by atoms with E-state index in [0.717, 1.165) is 32.8 Å². The number of amides is 2. The maximum absolute atomic E-state index is 14.0. The molecule has 1 atom stereocenters. The van der Waals surface area contributed by atoms with Crippen LogP contribution in [-0.4, -0.2) is 50.5 Å². The highest BCUT2D eigenvalue weighted by Gasteiger charge is 2.32. The Kier molecular flexibility index (Phi) is 10.3. The minimum atomic E-state index is -3.79. The van der Waals surface area contributed by atoms with Crippen molar-refractivity contribution in [1.82, 2.24) is 10.2 Å². The van der Waals surface area contributed by atoms with Crippen LogP contribution < -0.4 is 9.62 Å². The fraction of sp³-hybridized carbons (Fsp3) is 0.355. The van der Waals surface area contributed by atoms with E-state index in [1.807, 2.05) is 80.6 Å². The molecule has 3 aromatic carbocycles. The highest BCUT2D eigenvalue weighted by Crippen LogP contribution is 2.23. The predicted octanol–water partition coefficient (Wildman–Crippen LogP) is 4.66. The monoisotopic (exact) mass is 549 g/mol. The number of hydrogen-bond donors (Lipinski definition) is 1. The molecule has 0 aliphatic rings. The summed E-state index contributed by atoms with van der Waals surface area (Å²) in [5.41, 5.74) is 4.30. The summed E-state index contributed by atoms with van der Waals surface area (Å²) < 4.78 is 26.9. The molecule has 0 fully saturated rings. The lowest BCUT2D eigenvalue weighted by Gasteiger charge is -2.33. The molecule has 0 saturated carbocycles. The molecule has 0 aliphatic carbocycles. The largest absolute Gasteiger partial charge is 0.355 e. The molecule has 0 heterocycles. The molecule has 2 amide bonds. The van der Waals surface area contributed by atoms with Crippen molar-refractivity contribution in [3.63, 3.8) is 0 Å². The number of rotatable bonds is 12. The summed E-state index contributed by atoms with van der Waals surface area (Å²) in [5, 5.41) is 2.86. The van der Waals surface area contributed by atoms with Gasteiger partial charge in [0.25, 0.3) is 0 Å². The molecule has 8 heteroatoms. The molecule has 0 radical (unpaired) electrons. The smallest absolute Gasteiger partial charge is 0.244 e. The molecule has 0 saturated heterocycles. The van der Waals surface area contributed by atoms with Crippen molar-refractivity contribution >= 4 is 27.5 Å². The van der Waals surface area contributed by atoms with Crippen LogP contribution in [0.5, 0.6) is 0 Å². The molecule has 0 unspecified atom stereocenters. The van der Waals surface area contributed by atoms with Crippen LogP contribution in [0.2, 0.25) is 0 Å². The lowest BCUT2D eigenvalue weighted by atomic mass is 10.0. The highest BCUT2D eigenvalue weighted by atomic mass is 32.2. The molecule has 3 rings (SSSR count). The van der Waals surface area contributed by atoms with Gasteiger partial charge in [0.05, 0.1) is 11.9 Å². The molecule has 7 nitrogen and oxygen atoms in total. The highest BCUT2D eigenvalue weighted by molar-refractivity contribution is 7.92. The lowest BCUT2D eigenvalue weighted by Crippen LogP contribution is -2.53. The van der Waals surface area contributed by atoms with Gasteiger partial charge in [-0.15, -0.1) is 0 Å². The Bertz CT molecular complexity index is 1340. The summed E-state index contributed by atoms with van der Waals surface area (Å²) >= 11 is 0. The Morgan fingerprint density at radius 1 is 0.872 bits per heavy atom. The number of carbonyl (C=O) groups is 2. The molecule has 0 aliphatic heterocycles. The quantitative estimate of drug-likeness (QED) is 0.356. The standard InChI is InChI=1S/C31H39N3O4S/c1-6-32-31(36)29(20-25-10-8-7-9-11-25)33(21-26-14-12-24(4)13-15-26)30(35)22-34(39(5,37)38)28-18-16-27(17-19-28)23(2)3/h7-19,23,29H,6,20-22H2,1-5H3,(H,32,36)/t29-/m0/s1.